The quantitative estimate of drug-likeness (QED) is 0.793. The molecule has 0 spiro atoms. The van der Waals surface area contributed by atoms with Crippen LogP contribution in [0.15, 0.2) is 12.1 Å². The van der Waals surface area contributed by atoms with Crippen molar-refractivity contribution in [3.05, 3.63) is 28.0 Å². The molecule has 0 fully saturated rings. The van der Waals surface area contributed by atoms with Crippen LogP contribution in [-0.4, -0.2) is 11.0 Å². The topological polar surface area (TPSA) is 38.9 Å². The van der Waals surface area contributed by atoms with Gasteiger partial charge >= 0.3 is 0 Å². The van der Waals surface area contributed by atoms with Crippen molar-refractivity contribution in [2.45, 2.75) is 25.8 Å². The second-order valence-corrected chi connectivity index (χ2v) is 3.85. The van der Waals surface area contributed by atoms with Crippen LogP contribution in [0.1, 0.15) is 18.9 Å². The van der Waals surface area contributed by atoms with Crippen LogP contribution < -0.4 is 5.73 Å². The zero-order valence-corrected chi connectivity index (χ0v) is 8.94. The maximum absolute atomic E-state index is 5.88. The van der Waals surface area contributed by atoms with Gasteiger partial charge in [-0.2, -0.15) is 0 Å². The molecule has 0 aromatic carbocycles. The molecule has 1 unspecified atom stereocenters. The number of rotatable bonds is 3. The Hall–Kier alpha value is -0.310. The number of aromatic nitrogens is 1. The maximum atomic E-state index is 5.88. The first kappa shape index (κ1) is 10.8. The molecule has 2 N–H and O–H groups in total. The molecule has 0 saturated carbocycles. The molecule has 0 aliphatic carbocycles. The lowest BCUT2D eigenvalue weighted by atomic mass is 10.1. The molecule has 0 aliphatic heterocycles. The average Bonchev–Trinajstić information content (AvgIpc) is 2.02. The lowest BCUT2D eigenvalue weighted by molar-refractivity contribution is 0.665. The summed E-state index contributed by atoms with van der Waals surface area (Å²) in [5.41, 5.74) is 6.63. The second kappa shape index (κ2) is 4.80. The lowest BCUT2D eigenvalue weighted by Gasteiger charge is -2.05. The van der Waals surface area contributed by atoms with Crippen LogP contribution in [0.4, 0.5) is 0 Å². The summed E-state index contributed by atoms with van der Waals surface area (Å²) < 4.78 is 0. The van der Waals surface area contributed by atoms with Gasteiger partial charge in [0.2, 0.25) is 0 Å². The molecule has 0 saturated heterocycles. The van der Waals surface area contributed by atoms with Crippen molar-refractivity contribution in [3.63, 3.8) is 0 Å². The van der Waals surface area contributed by atoms with E-state index >= 15 is 0 Å². The summed E-state index contributed by atoms with van der Waals surface area (Å²) in [6.45, 7) is 1.97. The van der Waals surface area contributed by atoms with Crippen LogP contribution in [0.3, 0.4) is 0 Å². The first-order valence-corrected chi connectivity index (χ1v) is 4.91. The highest BCUT2D eigenvalue weighted by Crippen LogP contribution is 2.18. The standard InChI is InChI=1S/C9H12Cl2N2/c1-6(12)2-3-7-4-5-8(10)13-9(7)11/h4-6H,2-3,12H2,1H3. The summed E-state index contributed by atoms with van der Waals surface area (Å²) in [7, 11) is 0. The highest BCUT2D eigenvalue weighted by molar-refractivity contribution is 6.32. The van der Waals surface area contributed by atoms with Crippen molar-refractivity contribution in [2.75, 3.05) is 0 Å². The predicted molar refractivity (Wildman–Crippen MR) is 56.2 cm³/mol. The number of hydrogen-bond acceptors (Lipinski definition) is 2. The number of aryl methyl sites for hydroxylation is 1. The Bertz CT molecular complexity index is 287. The zero-order valence-electron chi connectivity index (χ0n) is 7.43. The van der Waals surface area contributed by atoms with Crippen molar-refractivity contribution >= 4 is 23.2 Å². The highest BCUT2D eigenvalue weighted by atomic mass is 35.5. The van der Waals surface area contributed by atoms with E-state index in [1.165, 1.54) is 0 Å². The summed E-state index contributed by atoms with van der Waals surface area (Å²) >= 11 is 11.5. The molecule has 72 valence electrons. The van der Waals surface area contributed by atoms with Gasteiger partial charge in [0.25, 0.3) is 0 Å². The number of pyridine rings is 1. The van der Waals surface area contributed by atoms with Gasteiger partial charge in [-0.3, -0.25) is 0 Å². The molecule has 1 rings (SSSR count). The Morgan fingerprint density at radius 1 is 1.46 bits per heavy atom. The van der Waals surface area contributed by atoms with Crippen LogP contribution in [0, 0.1) is 0 Å². The third-order valence-electron chi connectivity index (χ3n) is 1.76. The Morgan fingerprint density at radius 2 is 2.15 bits per heavy atom. The number of halogens is 2. The SMILES string of the molecule is CC(N)CCc1ccc(Cl)nc1Cl. The predicted octanol–water partition coefficient (Wildman–Crippen LogP) is 2.67. The molecule has 1 aromatic heterocycles. The van der Waals surface area contributed by atoms with Crippen molar-refractivity contribution in [2.24, 2.45) is 5.73 Å². The van der Waals surface area contributed by atoms with E-state index in [2.05, 4.69) is 4.98 Å². The Morgan fingerprint density at radius 3 is 2.69 bits per heavy atom. The van der Waals surface area contributed by atoms with E-state index < -0.39 is 0 Å². The van der Waals surface area contributed by atoms with E-state index in [-0.39, 0.29) is 6.04 Å². The zero-order chi connectivity index (χ0) is 9.84. The third-order valence-corrected chi connectivity index (χ3v) is 2.30. The van der Waals surface area contributed by atoms with Crippen LogP contribution >= 0.6 is 23.2 Å². The van der Waals surface area contributed by atoms with Gasteiger partial charge in [0.15, 0.2) is 0 Å². The molecule has 0 amide bonds. The van der Waals surface area contributed by atoms with Gasteiger partial charge in [-0.15, -0.1) is 0 Å². The summed E-state index contributed by atoms with van der Waals surface area (Å²) in [6, 6.07) is 3.82. The molecule has 0 aliphatic rings. The normalized spacial score (nSPS) is 12.9. The maximum Gasteiger partial charge on any atom is 0.134 e. The minimum Gasteiger partial charge on any atom is -0.328 e. The van der Waals surface area contributed by atoms with Crippen LogP contribution in [-0.2, 0) is 6.42 Å². The van der Waals surface area contributed by atoms with Crippen molar-refractivity contribution in [3.8, 4) is 0 Å². The molecule has 2 nitrogen and oxygen atoms in total. The Kier molecular flexibility index (Phi) is 3.97. The van der Waals surface area contributed by atoms with E-state index in [0.29, 0.717) is 10.3 Å². The third kappa shape index (κ3) is 3.51. The average molecular weight is 219 g/mol. The number of nitrogens with two attached hydrogens (primary N) is 1. The van der Waals surface area contributed by atoms with Gasteiger partial charge < -0.3 is 5.73 Å². The summed E-state index contributed by atoms with van der Waals surface area (Å²) in [6.07, 6.45) is 1.75. The molecule has 1 atom stereocenters. The van der Waals surface area contributed by atoms with Crippen LogP contribution in [0.25, 0.3) is 0 Å². The van der Waals surface area contributed by atoms with E-state index in [9.17, 15) is 0 Å². The van der Waals surface area contributed by atoms with E-state index in [1.54, 1.807) is 6.07 Å². The van der Waals surface area contributed by atoms with Gasteiger partial charge in [0.1, 0.15) is 10.3 Å². The fourth-order valence-corrected chi connectivity index (χ4v) is 1.45. The molecule has 13 heavy (non-hydrogen) atoms. The Labute approximate surface area is 88.1 Å². The van der Waals surface area contributed by atoms with Gasteiger partial charge in [-0.25, -0.2) is 4.98 Å². The fraction of sp³-hybridized carbons (Fsp3) is 0.444. The van der Waals surface area contributed by atoms with Crippen molar-refractivity contribution in [1.29, 1.82) is 0 Å². The molecular weight excluding hydrogens is 207 g/mol. The van der Waals surface area contributed by atoms with E-state index in [0.717, 1.165) is 18.4 Å². The van der Waals surface area contributed by atoms with Crippen molar-refractivity contribution < 1.29 is 0 Å². The molecule has 1 heterocycles. The lowest BCUT2D eigenvalue weighted by Crippen LogP contribution is -2.15. The minimum atomic E-state index is 0.187. The first-order valence-electron chi connectivity index (χ1n) is 4.16. The minimum absolute atomic E-state index is 0.187. The van der Waals surface area contributed by atoms with Crippen molar-refractivity contribution in [1.82, 2.24) is 4.98 Å². The van der Waals surface area contributed by atoms with Gasteiger partial charge in [-0.05, 0) is 31.4 Å². The fourth-order valence-electron chi connectivity index (χ4n) is 1.01. The smallest absolute Gasteiger partial charge is 0.134 e. The molecule has 4 heteroatoms. The largest absolute Gasteiger partial charge is 0.328 e. The van der Waals surface area contributed by atoms with Crippen LogP contribution in [0.5, 0.6) is 0 Å². The summed E-state index contributed by atoms with van der Waals surface area (Å²) in [5, 5.41) is 0.905. The second-order valence-electron chi connectivity index (χ2n) is 3.10. The van der Waals surface area contributed by atoms with Gasteiger partial charge in [-0.1, -0.05) is 29.3 Å². The molecule has 1 aromatic rings. The summed E-state index contributed by atoms with van der Waals surface area (Å²) in [4.78, 5) is 3.94. The summed E-state index contributed by atoms with van der Waals surface area (Å²) in [5.74, 6) is 0. The first-order chi connectivity index (χ1) is 6.09. The molecule has 0 bridgehead atoms. The number of hydrogen-bond donors (Lipinski definition) is 1. The van der Waals surface area contributed by atoms with E-state index in [4.69, 9.17) is 28.9 Å². The van der Waals surface area contributed by atoms with Gasteiger partial charge in [0.05, 0.1) is 0 Å². The van der Waals surface area contributed by atoms with Gasteiger partial charge in [0, 0.05) is 6.04 Å². The molecule has 0 radical (unpaired) electrons. The van der Waals surface area contributed by atoms with E-state index in [1.807, 2.05) is 13.0 Å². The Balaban J connectivity index is 2.67. The number of nitrogens with zero attached hydrogens (tertiary/aromatic N) is 1. The monoisotopic (exact) mass is 218 g/mol. The molecular formula is C9H12Cl2N2. The highest BCUT2D eigenvalue weighted by Gasteiger charge is 2.03. The van der Waals surface area contributed by atoms with Crippen LogP contribution in [0.2, 0.25) is 10.3 Å².